The Morgan fingerprint density at radius 1 is 1.33 bits per heavy atom. The van der Waals surface area contributed by atoms with E-state index in [1.54, 1.807) is 0 Å². The van der Waals surface area contributed by atoms with Crippen LogP contribution in [0.25, 0.3) is 10.9 Å². The Balaban J connectivity index is 2.63. The van der Waals surface area contributed by atoms with Crippen LogP contribution in [0.2, 0.25) is 0 Å². The Morgan fingerprint density at radius 3 is 2.80 bits per heavy atom. The van der Waals surface area contributed by atoms with Gasteiger partial charge in [-0.15, -0.1) is 0 Å². The fraction of sp³-hybridized carbons (Fsp3) is 0.357. The molecule has 1 heterocycles. The first-order chi connectivity index (χ1) is 7.26. The molecule has 0 spiro atoms. The molecule has 2 aromatic rings. The highest BCUT2D eigenvalue weighted by Gasteiger charge is 2.08. The molecule has 0 aliphatic carbocycles. The van der Waals surface area contributed by atoms with Gasteiger partial charge in [-0.25, -0.2) is 0 Å². The number of H-pyrrole nitrogens is 1. The number of benzene rings is 1. The van der Waals surface area contributed by atoms with Crippen LogP contribution in [0.15, 0.2) is 18.2 Å². The number of aromatic amines is 1. The zero-order chi connectivity index (χ0) is 10.8. The van der Waals surface area contributed by atoms with Crippen LogP contribution in [0, 0.1) is 13.3 Å². The summed E-state index contributed by atoms with van der Waals surface area (Å²) in [6.07, 6.45) is 4.53. The largest absolute Gasteiger partial charge is 0.358 e. The molecule has 0 saturated carbocycles. The van der Waals surface area contributed by atoms with Crippen LogP contribution in [-0.4, -0.2) is 4.98 Å². The fourth-order valence-corrected chi connectivity index (χ4v) is 2.16. The van der Waals surface area contributed by atoms with Crippen molar-refractivity contribution >= 4 is 10.9 Å². The molecule has 0 bridgehead atoms. The molecule has 0 aliphatic rings. The van der Waals surface area contributed by atoms with Crippen LogP contribution in [0.1, 0.15) is 37.1 Å². The molecular formula is C14H18N. The van der Waals surface area contributed by atoms with Crippen LogP contribution in [0.3, 0.4) is 0 Å². The van der Waals surface area contributed by atoms with Crippen molar-refractivity contribution in [2.75, 3.05) is 0 Å². The van der Waals surface area contributed by atoms with E-state index in [1.807, 2.05) is 0 Å². The van der Waals surface area contributed by atoms with E-state index in [2.05, 4.69) is 50.4 Å². The molecular weight excluding hydrogens is 182 g/mol. The molecule has 0 amide bonds. The second-order valence-electron chi connectivity index (χ2n) is 4.10. The number of hydrogen-bond donors (Lipinski definition) is 1. The molecule has 1 aromatic heterocycles. The number of aromatic nitrogens is 1. The van der Waals surface area contributed by atoms with E-state index < -0.39 is 0 Å². The van der Waals surface area contributed by atoms with E-state index in [4.69, 9.17) is 0 Å². The summed E-state index contributed by atoms with van der Waals surface area (Å²) in [5.41, 5.74) is 5.35. The van der Waals surface area contributed by atoms with Crippen molar-refractivity contribution in [2.24, 2.45) is 0 Å². The molecule has 2 rings (SSSR count). The van der Waals surface area contributed by atoms with Crippen molar-refractivity contribution in [3.63, 3.8) is 0 Å². The highest BCUT2D eigenvalue weighted by molar-refractivity contribution is 5.86. The monoisotopic (exact) mass is 200 g/mol. The Kier molecular flexibility index (Phi) is 2.81. The minimum absolute atomic E-state index is 1.13. The maximum Gasteiger partial charge on any atom is 0.0459 e. The smallest absolute Gasteiger partial charge is 0.0459 e. The minimum atomic E-state index is 1.13. The second-order valence-corrected chi connectivity index (χ2v) is 4.10. The van der Waals surface area contributed by atoms with Gasteiger partial charge in [0.15, 0.2) is 0 Å². The first kappa shape index (κ1) is 10.3. The average molecular weight is 200 g/mol. The first-order valence-corrected chi connectivity index (χ1v) is 5.66. The van der Waals surface area contributed by atoms with Gasteiger partial charge in [0.25, 0.3) is 0 Å². The van der Waals surface area contributed by atoms with Crippen LogP contribution in [0.4, 0.5) is 0 Å². The van der Waals surface area contributed by atoms with Crippen LogP contribution < -0.4 is 0 Å². The lowest BCUT2D eigenvalue weighted by Gasteiger charge is -1.99. The summed E-state index contributed by atoms with van der Waals surface area (Å²) in [6, 6.07) is 6.60. The van der Waals surface area contributed by atoms with Crippen molar-refractivity contribution in [1.82, 2.24) is 4.98 Å². The summed E-state index contributed by atoms with van der Waals surface area (Å²) in [6.45, 7) is 6.48. The van der Waals surface area contributed by atoms with E-state index in [0.717, 1.165) is 6.42 Å². The quantitative estimate of drug-likeness (QED) is 0.770. The van der Waals surface area contributed by atoms with E-state index >= 15 is 0 Å². The number of rotatable bonds is 3. The highest BCUT2D eigenvalue weighted by Crippen LogP contribution is 2.25. The van der Waals surface area contributed by atoms with Gasteiger partial charge < -0.3 is 4.98 Å². The van der Waals surface area contributed by atoms with Crippen molar-refractivity contribution in [1.29, 1.82) is 0 Å². The fourth-order valence-electron chi connectivity index (χ4n) is 2.16. The molecule has 0 aliphatic heterocycles. The van der Waals surface area contributed by atoms with Crippen LogP contribution in [0.5, 0.6) is 0 Å². The molecule has 0 unspecified atom stereocenters. The van der Waals surface area contributed by atoms with Gasteiger partial charge in [0.2, 0.25) is 0 Å². The van der Waals surface area contributed by atoms with Crippen LogP contribution >= 0.6 is 0 Å². The van der Waals surface area contributed by atoms with E-state index in [-0.39, 0.29) is 0 Å². The van der Waals surface area contributed by atoms with Gasteiger partial charge in [0.05, 0.1) is 0 Å². The Hall–Kier alpha value is -1.24. The summed E-state index contributed by atoms with van der Waals surface area (Å²) in [5.74, 6) is 0. The van der Waals surface area contributed by atoms with Gasteiger partial charge in [-0.3, -0.25) is 0 Å². The van der Waals surface area contributed by atoms with Crippen molar-refractivity contribution < 1.29 is 0 Å². The number of hydrogen-bond acceptors (Lipinski definition) is 0. The standard InChI is InChI=1S/C14H18N/c1-4-6-13-11(5-2)12-9-10(3)7-8-14(12)15-13/h5,7-9,15H,4,6H2,1-3H3. The third-order valence-electron chi connectivity index (χ3n) is 2.86. The molecule has 1 N–H and O–H groups in total. The number of nitrogens with one attached hydrogen (secondary N) is 1. The van der Waals surface area contributed by atoms with Gasteiger partial charge in [0, 0.05) is 16.6 Å². The SMILES string of the molecule is C[CH]c1c(CCC)[nH]c2ccc(C)cc12. The summed E-state index contributed by atoms with van der Waals surface area (Å²) in [7, 11) is 0. The zero-order valence-electron chi connectivity index (χ0n) is 9.72. The zero-order valence-corrected chi connectivity index (χ0v) is 9.72. The van der Waals surface area contributed by atoms with Crippen molar-refractivity contribution in [3.05, 3.63) is 41.4 Å². The molecule has 15 heavy (non-hydrogen) atoms. The lowest BCUT2D eigenvalue weighted by atomic mass is 10.0. The van der Waals surface area contributed by atoms with Crippen LogP contribution in [-0.2, 0) is 6.42 Å². The Labute approximate surface area is 91.5 Å². The predicted molar refractivity (Wildman–Crippen MR) is 66.1 cm³/mol. The maximum atomic E-state index is 3.51. The molecule has 0 saturated heterocycles. The normalized spacial score (nSPS) is 11.1. The highest BCUT2D eigenvalue weighted by atomic mass is 14.7. The molecule has 1 heteroatoms. The minimum Gasteiger partial charge on any atom is -0.358 e. The maximum absolute atomic E-state index is 3.51. The molecule has 1 nitrogen and oxygen atoms in total. The lowest BCUT2D eigenvalue weighted by Crippen LogP contribution is -1.87. The Morgan fingerprint density at radius 2 is 2.13 bits per heavy atom. The number of aryl methyl sites for hydroxylation is 2. The topological polar surface area (TPSA) is 15.8 Å². The van der Waals surface area contributed by atoms with E-state index in [9.17, 15) is 0 Å². The molecule has 0 atom stereocenters. The van der Waals surface area contributed by atoms with Gasteiger partial charge in [-0.05, 0) is 37.5 Å². The van der Waals surface area contributed by atoms with E-state index in [1.165, 1.54) is 34.1 Å². The Bertz CT molecular complexity index is 465. The third-order valence-corrected chi connectivity index (χ3v) is 2.86. The predicted octanol–water partition coefficient (Wildman–Crippen LogP) is 4.00. The lowest BCUT2D eigenvalue weighted by molar-refractivity contribution is 0.889. The summed E-state index contributed by atoms with van der Waals surface area (Å²) >= 11 is 0. The average Bonchev–Trinajstić information content (AvgIpc) is 2.55. The number of fused-ring (bicyclic) bond motifs is 1. The van der Waals surface area contributed by atoms with Gasteiger partial charge in [0.1, 0.15) is 0 Å². The molecule has 1 aromatic carbocycles. The van der Waals surface area contributed by atoms with E-state index in [0.29, 0.717) is 0 Å². The van der Waals surface area contributed by atoms with Gasteiger partial charge in [-0.1, -0.05) is 31.9 Å². The van der Waals surface area contributed by atoms with Crippen molar-refractivity contribution in [2.45, 2.75) is 33.6 Å². The van der Waals surface area contributed by atoms with Gasteiger partial charge >= 0.3 is 0 Å². The summed E-state index contributed by atoms with van der Waals surface area (Å²) in [5, 5.41) is 1.36. The van der Waals surface area contributed by atoms with Gasteiger partial charge in [-0.2, -0.15) is 0 Å². The summed E-state index contributed by atoms with van der Waals surface area (Å²) < 4.78 is 0. The molecule has 1 radical (unpaired) electrons. The summed E-state index contributed by atoms with van der Waals surface area (Å²) in [4.78, 5) is 3.51. The molecule has 79 valence electrons. The first-order valence-electron chi connectivity index (χ1n) is 5.66. The third kappa shape index (κ3) is 1.79. The molecule has 0 fully saturated rings. The van der Waals surface area contributed by atoms with Crippen molar-refractivity contribution in [3.8, 4) is 0 Å². The second kappa shape index (κ2) is 4.09.